The average molecular weight is 189 g/mol. The average Bonchev–Trinajstić information content (AvgIpc) is 2.03. The number of likely N-dealkylation sites (N-methyl/N-ethyl adjacent to an activating group) is 1. The van der Waals surface area contributed by atoms with Gasteiger partial charge in [0.15, 0.2) is 0 Å². The number of rotatable bonds is 3. The van der Waals surface area contributed by atoms with E-state index >= 15 is 0 Å². The normalized spacial score (nSPS) is 32.1. The van der Waals surface area contributed by atoms with Gasteiger partial charge in [-0.1, -0.05) is 0 Å². The lowest BCUT2D eigenvalue weighted by Gasteiger charge is -2.35. The van der Waals surface area contributed by atoms with E-state index in [1.165, 1.54) is 0 Å². The van der Waals surface area contributed by atoms with Crippen molar-refractivity contribution < 1.29 is 14.9 Å². The predicted molar refractivity (Wildman–Crippen MR) is 49.5 cm³/mol. The number of hydrogen-bond acceptors (Lipinski definition) is 4. The molecule has 3 atom stereocenters. The van der Waals surface area contributed by atoms with Crippen LogP contribution < -0.4 is 0 Å². The Bertz CT molecular complexity index is 152. The Hall–Kier alpha value is -0.160. The largest absolute Gasteiger partial charge is 0.392 e. The van der Waals surface area contributed by atoms with E-state index in [2.05, 4.69) is 0 Å². The summed E-state index contributed by atoms with van der Waals surface area (Å²) in [6.07, 6.45) is 0.0715. The van der Waals surface area contributed by atoms with Gasteiger partial charge in [-0.2, -0.15) is 0 Å². The fourth-order valence-corrected chi connectivity index (χ4v) is 1.78. The summed E-state index contributed by atoms with van der Waals surface area (Å²) in [6.45, 7) is 3.46. The summed E-state index contributed by atoms with van der Waals surface area (Å²) >= 11 is 0. The second kappa shape index (κ2) is 4.91. The van der Waals surface area contributed by atoms with Crippen LogP contribution in [0.1, 0.15) is 13.3 Å². The maximum Gasteiger partial charge on any atom is 0.0929 e. The summed E-state index contributed by atoms with van der Waals surface area (Å²) in [6, 6.07) is 0.128. The van der Waals surface area contributed by atoms with E-state index in [4.69, 9.17) is 4.74 Å². The maximum atomic E-state index is 9.60. The molecule has 0 aromatic rings. The summed E-state index contributed by atoms with van der Waals surface area (Å²) in [5.74, 6) is 0. The van der Waals surface area contributed by atoms with Gasteiger partial charge < -0.3 is 14.9 Å². The lowest BCUT2D eigenvalue weighted by molar-refractivity contribution is -0.0643. The van der Waals surface area contributed by atoms with E-state index in [1.54, 1.807) is 6.92 Å². The van der Waals surface area contributed by atoms with Gasteiger partial charge in [0.05, 0.1) is 18.8 Å². The topological polar surface area (TPSA) is 52.9 Å². The fraction of sp³-hybridized carbons (Fsp3) is 1.00. The molecule has 0 spiro atoms. The van der Waals surface area contributed by atoms with E-state index in [0.29, 0.717) is 19.8 Å². The van der Waals surface area contributed by atoms with E-state index in [-0.39, 0.29) is 12.1 Å². The third-order valence-corrected chi connectivity index (χ3v) is 2.41. The van der Waals surface area contributed by atoms with Gasteiger partial charge in [0.2, 0.25) is 0 Å². The summed E-state index contributed by atoms with van der Waals surface area (Å²) in [5, 5.41) is 18.8. The molecule has 0 amide bonds. The minimum absolute atomic E-state index is 0.128. The molecule has 0 aromatic carbocycles. The van der Waals surface area contributed by atoms with Gasteiger partial charge in [-0.3, -0.25) is 4.90 Å². The van der Waals surface area contributed by atoms with Crippen LogP contribution in [0.4, 0.5) is 0 Å². The number of ether oxygens (including phenoxy) is 1. The van der Waals surface area contributed by atoms with Gasteiger partial charge in [-0.05, 0) is 20.4 Å². The quantitative estimate of drug-likeness (QED) is 0.625. The minimum atomic E-state index is -0.419. The van der Waals surface area contributed by atoms with Crippen molar-refractivity contribution in [3.8, 4) is 0 Å². The van der Waals surface area contributed by atoms with Crippen molar-refractivity contribution in [1.82, 2.24) is 4.90 Å². The van der Waals surface area contributed by atoms with Crippen LogP contribution >= 0.6 is 0 Å². The highest BCUT2D eigenvalue weighted by atomic mass is 16.5. The third kappa shape index (κ3) is 3.23. The van der Waals surface area contributed by atoms with Crippen LogP contribution in [0.15, 0.2) is 0 Å². The summed E-state index contributed by atoms with van der Waals surface area (Å²) < 4.78 is 5.13. The van der Waals surface area contributed by atoms with Crippen molar-refractivity contribution in [3.05, 3.63) is 0 Å². The monoisotopic (exact) mass is 189 g/mol. The molecule has 0 aliphatic carbocycles. The van der Waals surface area contributed by atoms with Crippen LogP contribution in [-0.2, 0) is 4.74 Å². The van der Waals surface area contributed by atoms with Gasteiger partial charge in [-0.25, -0.2) is 0 Å². The Morgan fingerprint density at radius 1 is 1.62 bits per heavy atom. The molecule has 1 saturated heterocycles. The van der Waals surface area contributed by atoms with Crippen molar-refractivity contribution in [3.63, 3.8) is 0 Å². The highest BCUT2D eigenvalue weighted by Gasteiger charge is 2.27. The van der Waals surface area contributed by atoms with Gasteiger partial charge in [0.1, 0.15) is 0 Å². The van der Waals surface area contributed by atoms with Crippen LogP contribution in [0.3, 0.4) is 0 Å². The van der Waals surface area contributed by atoms with Crippen LogP contribution in [0.2, 0.25) is 0 Å². The first-order valence-corrected chi connectivity index (χ1v) is 4.75. The molecule has 1 aliphatic rings. The summed E-state index contributed by atoms with van der Waals surface area (Å²) in [5.41, 5.74) is 0. The SMILES string of the molecule is CC(O)CN(C)C1CCOCC1O. The molecule has 4 heteroatoms. The molecule has 3 unspecified atom stereocenters. The zero-order valence-corrected chi connectivity index (χ0v) is 8.31. The Kier molecular flexibility index (Phi) is 4.12. The zero-order chi connectivity index (χ0) is 9.84. The van der Waals surface area contributed by atoms with Gasteiger partial charge in [0, 0.05) is 19.2 Å². The van der Waals surface area contributed by atoms with Gasteiger partial charge >= 0.3 is 0 Å². The molecule has 0 bridgehead atoms. The molecular formula is C9H19NO3. The lowest BCUT2D eigenvalue weighted by atomic mass is 10.0. The molecule has 1 fully saturated rings. The van der Waals surface area contributed by atoms with Crippen molar-refractivity contribution in [1.29, 1.82) is 0 Å². The molecule has 1 aliphatic heterocycles. The fourth-order valence-electron chi connectivity index (χ4n) is 1.78. The molecule has 2 N–H and O–H groups in total. The maximum absolute atomic E-state index is 9.60. The van der Waals surface area contributed by atoms with E-state index in [9.17, 15) is 10.2 Å². The van der Waals surface area contributed by atoms with Gasteiger partial charge in [0.25, 0.3) is 0 Å². The molecule has 4 nitrogen and oxygen atoms in total. The van der Waals surface area contributed by atoms with E-state index < -0.39 is 6.10 Å². The Morgan fingerprint density at radius 2 is 2.31 bits per heavy atom. The molecule has 0 radical (unpaired) electrons. The number of hydrogen-bond donors (Lipinski definition) is 2. The van der Waals surface area contributed by atoms with Crippen molar-refractivity contribution >= 4 is 0 Å². The van der Waals surface area contributed by atoms with Crippen molar-refractivity contribution in [2.24, 2.45) is 0 Å². The molecule has 0 aromatic heterocycles. The first-order chi connectivity index (χ1) is 6.11. The summed E-state index contributed by atoms with van der Waals surface area (Å²) in [4.78, 5) is 2.00. The standard InChI is InChI=1S/C9H19NO3/c1-7(11)5-10(2)8-3-4-13-6-9(8)12/h7-9,11-12H,3-6H2,1-2H3. The summed E-state index contributed by atoms with van der Waals surface area (Å²) in [7, 11) is 1.92. The predicted octanol–water partition coefficient (Wildman–Crippen LogP) is -0.551. The second-order valence-corrected chi connectivity index (χ2v) is 3.79. The lowest BCUT2D eigenvalue weighted by Crippen LogP contribution is -2.49. The van der Waals surface area contributed by atoms with Crippen LogP contribution in [-0.4, -0.2) is 60.2 Å². The molecule has 78 valence electrons. The van der Waals surface area contributed by atoms with Crippen molar-refractivity contribution in [2.75, 3.05) is 26.8 Å². The number of aliphatic hydroxyl groups is 2. The Labute approximate surface area is 79.1 Å². The highest BCUT2D eigenvalue weighted by Crippen LogP contribution is 2.13. The smallest absolute Gasteiger partial charge is 0.0929 e. The molecular weight excluding hydrogens is 170 g/mol. The van der Waals surface area contributed by atoms with Crippen LogP contribution in [0.25, 0.3) is 0 Å². The molecule has 1 rings (SSSR count). The van der Waals surface area contributed by atoms with Crippen LogP contribution in [0, 0.1) is 0 Å². The third-order valence-electron chi connectivity index (χ3n) is 2.41. The van der Waals surface area contributed by atoms with Crippen LogP contribution in [0.5, 0.6) is 0 Å². The van der Waals surface area contributed by atoms with Gasteiger partial charge in [-0.15, -0.1) is 0 Å². The first-order valence-electron chi connectivity index (χ1n) is 4.75. The molecule has 0 saturated carbocycles. The Morgan fingerprint density at radius 3 is 2.85 bits per heavy atom. The highest BCUT2D eigenvalue weighted by molar-refractivity contribution is 4.80. The number of aliphatic hydroxyl groups excluding tert-OH is 2. The van der Waals surface area contributed by atoms with E-state index in [0.717, 1.165) is 6.42 Å². The minimum Gasteiger partial charge on any atom is -0.392 e. The second-order valence-electron chi connectivity index (χ2n) is 3.79. The Balaban J connectivity index is 2.39. The van der Waals surface area contributed by atoms with E-state index in [1.807, 2.05) is 11.9 Å². The molecule has 1 heterocycles. The molecule has 13 heavy (non-hydrogen) atoms. The zero-order valence-electron chi connectivity index (χ0n) is 8.31. The van der Waals surface area contributed by atoms with Crippen molar-refractivity contribution in [2.45, 2.75) is 31.6 Å². The first kappa shape index (κ1) is 10.9. The number of nitrogens with zero attached hydrogens (tertiary/aromatic N) is 1.